The summed E-state index contributed by atoms with van der Waals surface area (Å²) in [6.07, 6.45) is 1.50. The van der Waals surface area contributed by atoms with Gasteiger partial charge in [0.25, 0.3) is 11.5 Å². The van der Waals surface area contributed by atoms with Crippen LogP contribution in [0.5, 0.6) is 0 Å². The lowest BCUT2D eigenvalue weighted by Crippen LogP contribution is -2.32. The van der Waals surface area contributed by atoms with Gasteiger partial charge in [-0.1, -0.05) is 20.8 Å². The summed E-state index contributed by atoms with van der Waals surface area (Å²) in [5.41, 5.74) is 0.889. The fourth-order valence-electron chi connectivity index (χ4n) is 1.76. The number of nitrogens with one attached hydrogen (secondary N) is 2. The van der Waals surface area contributed by atoms with Crippen LogP contribution in [0.15, 0.2) is 23.1 Å². The number of hydrogen-bond acceptors (Lipinski definition) is 4. The number of H-pyrrole nitrogens is 1. The minimum Gasteiger partial charge on any atom is -0.351 e. The van der Waals surface area contributed by atoms with E-state index in [2.05, 4.69) is 20.6 Å². The molecule has 0 radical (unpaired) electrons. The van der Waals surface area contributed by atoms with Crippen molar-refractivity contribution in [1.29, 1.82) is 0 Å². The van der Waals surface area contributed by atoms with Gasteiger partial charge in [-0.15, -0.1) is 0 Å². The number of carbonyl (C=O) groups excluding carboxylic acids is 1. The number of rotatable bonds is 3. The topological polar surface area (TPSA) is 92.7 Å². The van der Waals surface area contributed by atoms with E-state index in [1.807, 2.05) is 20.8 Å². The molecule has 0 fully saturated rings. The number of hydrogen-bond donors (Lipinski definition) is 2. The molecule has 0 saturated heterocycles. The quantitative estimate of drug-likeness (QED) is 0.883. The Bertz CT molecular complexity index is 688. The fourth-order valence-corrected chi connectivity index (χ4v) is 1.76. The zero-order chi connectivity index (χ0) is 15.6. The third-order valence-electron chi connectivity index (χ3n) is 2.92. The van der Waals surface area contributed by atoms with Crippen LogP contribution in [-0.4, -0.2) is 32.4 Å². The molecule has 0 unspecified atom stereocenters. The average molecular weight is 289 g/mol. The van der Waals surface area contributed by atoms with Crippen LogP contribution in [0.3, 0.4) is 0 Å². The Balaban J connectivity index is 2.22. The van der Waals surface area contributed by atoms with Crippen molar-refractivity contribution in [3.05, 3.63) is 39.9 Å². The zero-order valence-corrected chi connectivity index (χ0v) is 12.6. The molecule has 21 heavy (non-hydrogen) atoms. The molecular weight excluding hydrogens is 270 g/mol. The normalized spacial score (nSPS) is 11.4. The Morgan fingerprint density at radius 1 is 1.38 bits per heavy atom. The van der Waals surface area contributed by atoms with Crippen LogP contribution in [0, 0.1) is 12.3 Å². The van der Waals surface area contributed by atoms with Gasteiger partial charge in [0.05, 0.1) is 17.5 Å². The molecule has 0 aromatic carbocycles. The highest BCUT2D eigenvalue weighted by Gasteiger charge is 2.18. The first kappa shape index (κ1) is 15.0. The van der Waals surface area contributed by atoms with Gasteiger partial charge in [0, 0.05) is 12.6 Å². The number of aromatic nitrogens is 4. The first-order valence-electron chi connectivity index (χ1n) is 6.67. The third kappa shape index (κ3) is 3.56. The smallest absolute Gasteiger partial charge is 0.264 e. The molecular formula is C14H19N5O2. The van der Waals surface area contributed by atoms with E-state index in [-0.39, 0.29) is 16.9 Å². The predicted octanol–water partition coefficient (Wildman–Crippen LogP) is 1.04. The summed E-state index contributed by atoms with van der Waals surface area (Å²) in [6, 6.07) is 2.92. The summed E-state index contributed by atoms with van der Waals surface area (Å²) in [5.74, 6) is 0.292. The molecule has 2 heterocycles. The van der Waals surface area contributed by atoms with Gasteiger partial charge in [-0.05, 0) is 18.4 Å². The largest absolute Gasteiger partial charge is 0.351 e. The van der Waals surface area contributed by atoms with E-state index >= 15 is 0 Å². The Morgan fingerprint density at radius 2 is 2.10 bits per heavy atom. The molecule has 2 aromatic rings. The van der Waals surface area contributed by atoms with Crippen molar-refractivity contribution < 1.29 is 4.79 Å². The third-order valence-corrected chi connectivity index (χ3v) is 2.92. The molecule has 0 atom stereocenters. The molecule has 112 valence electrons. The van der Waals surface area contributed by atoms with E-state index in [0.29, 0.717) is 23.6 Å². The van der Waals surface area contributed by atoms with Crippen molar-refractivity contribution >= 4 is 5.91 Å². The standard InChI is InChI=1S/C14H19N5O2/c1-9-10(13(21)15-8-14(2,3)4)7-16-19(9)11-5-6-12(20)18-17-11/h5-7H,8H2,1-4H3,(H,15,21)(H,18,20). The van der Waals surface area contributed by atoms with Crippen molar-refractivity contribution in [3.63, 3.8) is 0 Å². The van der Waals surface area contributed by atoms with Crippen molar-refractivity contribution in [1.82, 2.24) is 25.3 Å². The average Bonchev–Trinajstić information content (AvgIpc) is 2.78. The predicted molar refractivity (Wildman–Crippen MR) is 78.5 cm³/mol. The van der Waals surface area contributed by atoms with E-state index < -0.39 is 0 Å². The van der Waals surface area contributed by atoms with Crippen molar-refractivity contribution in [2.45, 2.75) is 27.7 Å². The summed E-state index contributed by atoms with van der Waals surface area (Å²) in [7, 11) is 0. The highest BCUT2D eigenvalue weighted by Crippen LogP contribution is 2.13. The number of carbonyl (C=O) groups is 1. The first-order valence-corrected chi connectivity index (χ1v) is 6.67. The Kier molecular flexibility index (Phi) is 3.93. The molecule has 2 N–H and O–H groups in total. The van der Waals surface area contributed by atoms with Crippen LogP contribution in [0.25, 0.3) is 5.82 Å². The molecule has 0 spiro atoms. The molecule has 0 aliphatic rings. The Labute approximate surface area is 122 Å². The number of nitrogens with zero attached hydrogens (tertiary/aromatic N) is 3. The second-order valence-corrected chi connectivity index (χ2v) is 6.08. The van der Waals surface area contributed by atoms with Gasteiger partial charge in [0.1, 0.15) is 0 Å². The molecule has 1 amide bonds. The van der Waals surface area contributed by atoms with Crippen molar-refractivity contribution in [2.75, 3.05) is 6.54 Å². The van der Waals surface area contributed by atoms with Gasteiger partial charge >= 0.3 is 0 Å². The van der Waals surface area contributed by atoms with Gasteiger partial charge in [-0.3, -0.25) is 9.59 Å². The summed E-state index contributed by atoms with van der Waals surface area (Å²) in [5, 5.41) is 13.3. The van der Waals surface area contributed by atoms with Crippen LogP contribution in [-0.2, 0) is 0 Å². The van der Waals surface area contributed by atoms with Crippen LogP contribution in [0.4, 0.5) is 0 Å². The second-order valence-electron chi connectivity index (χ2n) is 6.08. The van der Waals surface area contributed by atoms with Gasteiger partial charge in [0.2, 0.25) is 0 Å². The van der Waals surface area contributed by atoms with Crippen LogP contribution in [0.2, 0.25) is 0 Å². The van der Waals surface area contributed by atoms with Gasteiger partial charge < -0.3 is 5.32 Å². The SMILES string of the molecule is Cc1c(C(=O)NCC(C)(C)C)cnn1-c1ccc(=O)[nH]n1. The monoisotopic (exact) mass is 289 g/mol. The first-order chi connectivity index (χ1) is 9.78. The summed E-state index contributed by atoms with van der Waals surface area (Å²) in [6.45, 7) is 8.51. The second kappa shape index (κ2) is 5.51. The highest BCUT2D eigenvalue weighted by atomic mass is 16.1. The Hall–Kier alpha value is -2.44. The lowest BCUT2D eigenvalue weighted by atomic mass is 9.97. The molecule has 7 heteroatoms. The summed E-state index contributed by atoms with van der Waals surface area (Å²) >= 11 is 0. The Morgan fingerprint density at radius 3 is 2.67 bits per heavy atom. The lowest BCUT2D eigenvalue weighted by Gasteiger charge is -2.18. The minimum absolute atomic E-state index is 0.0139. The van der Waals surface area contributed by atoms with Gasteiger partial charge in [-0.25, -0.2) is 9.78 Å². The number of amides is 1. The zero-order valence-electron chi connectivity index (χ0n) is 12.6. The summed E-state index contributed by atoms with van der Waals surface area (Å²) < 4.78 is 1.52. The van der Waals surface area contributed by atoms with Gasteiger partial charge in [0.15, 0.2) is 5.82 Å². The van der Waals surface area contributed by atoms with E-state index in [4.69, 9.17) is 0 Å². The maximum Gasteiger partial charge on any atom is 0.264 e. The minimum atomic E-state index is -0.285. The molecule has 0 bridgehead atoms. The fraction of sp³-hybridized carbons (Fsp3) is 0.429. The maximum absolute atomic E-state index is 12.2. The van der Waals surface area contributed by atoms with E-state index in [9.17, 15) is 9.59 Å². The molecule has 0 aliphatic heterocycles. The van der Waals surface area contributed by atoms with E-state index in [1.54, 1.807) is 13.0 Å². The van der Waals surface area contributed by atoms with Crippen molar-refractivity contribution in [3.8, 4) is 5.82 Å². The highest BCUT2D eigenvalue weighted by molar-refractivity contribution is 5.95. The van der Waals surface area contributed by atoms with Crippen LogP contribution < -0.4 is 10.9 Å². The van der Waals surface area contributed by atoms with Crippen LogP contribution in [0.1, 0.15) is 36.8 Å². The summed E-state index contributed by atoms with van der Waals surface area (Å²) in [4.78, 5) is 23.2. The molecule has 7 nitrogen and oxygen atoms in total. The van der Waals surface area contributed by atoms with Gasteiger partial charge in [-0.2, -0.15) is 10.2 Å². The van der Waals surface area contributed by atoms with E-state index in [0.717, 1.165) is 0 Å². The molecule has 2 rings (SSSR count). The van der Waals surface area contributed by atoms with Crippen molar-refractivity contribution in [2.24, 2.45) is 5.41 Å². The van der Waals surface area contributed by atoms with E-state index in [1.165, 1.54) is 16.9 Å². The molecule has 2 aromatic heterocycles. The maximum atomic E-state index is 12.2. The molecule has 0 saturated carbocycles. The van der Waals surface area contributed by atoms with Crippen LogP contribution >= 0.6 is 0 Å². The molecule has 0 aliphatic carbocycles. The number of aromatic amines is 1. The lowest BCUT2D eigenvalue weighted by molar-refractivity contribution is 0.0938.